The van der Waals surface area contributed by atoms with E-state index >= 15 is 0 Å². The number of halogens is 1. The molecule has 7 heteroatoms. The lowest BCUT2D eigenvalue weighted by Gasteiger charge is -2.18. The van der Waals surface area contributed by atoms with Gasteiger partial charge in [0.25, 0.3) is 5.91 Å². The molecule has 0 atom stereocenters. The van der Waals surface area contributed by atoms with Gasteiger partial charge in [-0.25, -0.2) is 0 Å². The van der Waals surface area contributed by atoms with E-state index in [-0.39, 0.29) is 5.91 Å². The van der Waals surface area contributed by atoms with Crippen LogP contribution in [0.3, 0.4) is 0 Å². The third-order valence-electron chi connectivity index (χ3n) is 4.25. The molecule has 6 nitrogen and oxygen atoms in total. The van der Waals surface area contributed by atoms with Crippen molar-refractivity contribution in [3.8, 4) is 11.5 Å². The Morgan fingerprint density at radius 2 is 1.96 bits per heavy atom. The maximum Gasteiger partial charge on any atom is 0.254 e. The van der Waals surface area contributed by atoms with Crippen molar-refractivity contribution in [2.75, 3.05) is 13.2 Å². The molecule has 4 rings (SSSR count). The number of hydrogen-bond acceptors (Lipinski definition) is 4. The van der Waals surface area contributed by atoms with Crippen molar-refractivity contribution in [2.45, 2.75) is 13.1 Å². The minimum Gasteiger partial charge on any atom is -0.486 e. The van der Waals surface area contributed by atoms with Gasteiger partial charge in [0, 0.05) is 17.8 Å². The summed E-state index contributed by atoms with van der Waals surface area (Å²) in [5.74, 6) is 1.26. The molecule has 0 saturated heterocycles. The minimum absolute atomic E-state index is 0.185. The fourth-order valence-electron chi connectivity index (χ4n) is 2.85. The van der Waals surface area contributed by atoms with E-state index in [0.29, 0.717) is 42.6 Å². The average molecular weight is 384 g/mol. The van der Waals surface area contributed by atoms with Crippen LogP contribution in [0.2, 0.25) is 5.02 Å². The van der Waals surface area contributed by atoms with Crippen molar-refractivity contribution in [2.24, 2.45) is 0 Å². The Hall–Kier alpha value is -2.99. The third-order valence-corrected chi connectivity index (χ3v) is 4.61. The summed E-state index contributed by atoms with van der Waals surface area (Å²) in [4.78, 5) is 12.4. The van der Waals surface area contributed by atoms with Gasteiger partial charge in [-0.1, -0.05) is 35.9 Å². The number of hydrogen-bond donors (Lipinski definition) is 1. The Kier molecular flexibility index (Phi) is 4.98. The van der Waals surface area contributed by atoms with Crippen LogP contribution in [0, 0.1) is 0 Å². The molecule has 0 saturated carbocycles. The number of carbonyl (C=O) groups is 1. The zero-order chi connectivity index (χ0) is 18.6. The van der Waals surface area contributed by atoms with E-state index in [4.69, 9.17) is 21.1 Å². The number of ether oxygens (including phenoxy) is 2. The summed E-state index contributed by atoms with van der Waals surface area (Å²) in [6.45, 7) is 2.00. The van der Waals surface area contributed by atoms with Gasteiger partial charge in [-0.05, 0) is 29.3 Å². The van der Waals surface area contributed by atoms with Crippen LogP contribution in [0.15, 0.2) is 54.9 Å². The van der Waals surface area contributed by atoms with Gasteiger partial charge in [0.2, 0.25) is 0 Å². The third kappa shape index (κ3) is 4.06. The van der Waals surface area contributed by atoms with Crippen molar-refractivity contribution < 1.29 is 14.3 Å². The summed E-state index contributed by atoms with van der Waals surface area (Å²) in [6.07, 6.45) is 3.26. The molecule has 1 N–H and O–H groups in total. The van der Waals surface area contributed by atoms with Crippen molar-refractivity contribution in [1.82, 2.24) is 15.1 Å². The zero-order valence-electron chi connectivity index (χ0n) is 14.5. The second-order valence-corrected chi connectivity index (χ2v) is 6.59. The highest BCUT2D eigenvalue weighted by molar-refractivity contribution is 6.31. The summed E-state index contributed by atoms with van der Waals surface area (Å²) < 4.78 is 12.8. The molecule has 0 aliphatic carbocycles. The van der Waals surface area contributed by atoms with Crippen LogP contribution < -0.4 is 14.8 Å². The quantitative estimate of drug-likeness (QED) is 0.734. The van der Waals surface area contributed by atoms with Crippen LogP contribution >= 0.6 is 11.6 Å². The number of nitrogens with one attached hydrogen (secondary N) is 1. The summed E-state index contributed by atoms with van der Waals surface area (Å²) in [5, 5.41) is 7.82. The molecule has 1 aliphatic heterocycles. The number of carbonyl (C=O) groups excluding carboxylic acids is 1. The normalized spacial score (nSPS) is 12.6. The van der Waals surface area contributed by atoms with E-state index in [1.165, 1.54) is 0 Å². The molecule has 2 aromatic carbocycles. The molecule has 0 unspecified atom stereocenters. The predicted molar refractivity (Wildman–Crippen MR) is 101 cm³/mol. The second kappa shape index (κ2) is 7.72. The van der Waals surface area contributed by atoms with E-state index in [1.54, 1.807) is 17.1 Å². The number of rotatable bonds is 5. The first-order chi connectivity index (χ1) is 13.2. The molecule has 1 aromatic heterocycles. The van der Waals surface area contributed by atoms with Gasteiger partial charge in [-0.2, -0.15) is 5.10 Å². The fourth-order valence-corrected chi connectivity index (χ4v) is 3.05. The largest absolute Gasteiger partial charge is 0.486 e. The molecule has 27 heavy (non-hydrogen) atoms. The Morgan fingerprint density at radius 1 is 1.15 bits per heavy atom. The van der Waals surface area contributed by atoms with E-state index < -0.39 is 0 Å². The first-order valence-electron chi connectivity index (χ1n) is 8.61. The van der Waals surface area contributed by atoms with E-state index in [0.717, 1.165) is 16.9 Å². The maximum atomic E-state index is 12.4. The monoisotopic (exact) mass is 383 g/mol. The van der Waals surface area contributed by atoms with Crippen molar-refractivity contribution in [3.63, 3.8) is 0 Å². The summed E-state index contributed by atoms with van der Waals surface area (Å²) in [5.41, 5.74) is 2.39. The van der Waals surface area contributed by atoms with E-state index in [1.807, 2.05) is 42.5 Å². The minimum atomic E-state index is -0.185. The smallest absolute Gasteiger partial charge is 0.254 e. The topological polar surface area (TPSA) is 65.4 Å². The number of benzene rings is 2. The van der Waals surface area contributed by atoms with Gasteiger partial charge in [0.1, 0.15) is 13.2 Å². The van der Waals surface area contributed by atoms with Crippen molar-refractivity contribution >= 4 is 17.5 Å². The Balaban J connectivity index is 1.38. The van der Waals surface area contributed by atoms with Gasteiger partial charge >= 0.3 is 0 Å². The standard InChI is InChI=1S/C20H18ClN3O3/c21-17-4-2-1-3-15(17)12-24-13-16(11-23-24)20(25)22-10-14-5-6-18-19(9-14)27-8-7-26-18/h1-6,9,11,13H,7-8,10,12H2,(H,22,25). The van der Waals surface area contributed by atoms with E-state index in [2.05, 4.69) is 10.4 Å². The average Bonchev–Trinajstić information content (AvgIpc) is 3.16. The molecule has 1 aliphatic rings. The number of fused-ring (bicyclic) bond motifs is 1. The number of amides is 1. The zero-order valence-corrected chi connectivity index (χ0v) is 15.3. The molecule has 2 heterocycles. The number of aromatic nitrogens is 2. The lowest BCUT2D eigenvalue weighted by atomic mass is 10.2. The predicted octanol–water partition coefficient (Wildman–Crippen LogP) is 3.29. The van der Waals surface area contributed by atoms with E-state index in [9.17, 15) is 4.79 Å². The van der Waals surface area contributed by atoms with Crippen LogP contribution in [-0.4, -0.2) is 28.9 Å². The summed E-state index contributed by atoms with van der Waals surface area (Å²) in [7, 11) is 0. The maximum absolute atomic E-state index is 12.4. The number of nitrogens with zero attached hydrogens (tertiary/aromatic N) is 2. The molecule has 3 aromatic rings. The van der Waals surface area contributed by atoms with Crippen molar-refractivity contribution in [1.29, 1.82) is 0 Å². The van der Waals surface area contributed by atoms with Gasteiger partial charge < -0.3 is 14.8 Å². The van der Waals surface area contributed by atoms with Crippen LogP contribution in [0.4, 0.5) is 0 Å². The fraction of sp³-hybridized carbons (Fsp3) is 0.200. The van der Waals surface area contributed by atoms with Crippen LogP contribution in [-0.2, 0) is 13.1 Å². The molecule has 0 radical (unpaired) electrons. The molecule has 0 spiro atoms. The summed E-state index contributed by atoms with van der Waals surface area (Å²) >= 11 is 6.17. The molecule has 0 bridgehead atoms. The molecule has 0 fully saturated rings. The van der Waals surface area contributed by atoms with Gasteiger partial charge in [0.05, 0.1) is 18.3 Å². The van der Waals surface area contributed by atoms with Crippen molar-refractivity contribution in [3.05, 3.63) is 76.6 Å². The van der Waals surface area contributed by atoms with Crippen LogP contribution in [0.25, 0.3) is 0 Å². The highest BCUT2D eigenvalue weighted by atomic mass is 35.5. The summed E-state index contributed by atoms with van der Waals surface area (Å²) in [6, 6.07) is 13.2. The van der Waals surface area contributed by atoms with Gasteiger partial charge in [0.15, 0.2) is 11.5 Å². The first-order valence-corrected chi connectivity index (χ1v) is 8.99. The molecular formula is C20H18ClN3O3. The first kappa shape index (κ1) is 17.4. The lowest BCUT2D eigenvalue weighted by Crippen LogP contribution is -2.22. The highest BCUT2D eigenvalue weighted by Gasteiger charge is 2.13. The van der Waals surface area contributed by atoms with Crippen LogP contribution in [0.5, 0.6) is 11.5 Å². The Bertz CT molecular complexity index is 971. The van der Waals surface area contributed by atoms with Gasteiger partial charge in [-0.15, -0.1) is 0 Å². The Labute approximate surface area is 161 Å². The van der Waals surface area contributed by atoms with Gasteiger partial charge in [-0.3, -0.25) is 9.48 Å². The molecular weight excluding hydrogens is 366 g/mol. The highest BCUT2D eigenvalue weighted by Crippen LogP contribution is 2.30. The molecule has 138 valence electrons. The molecule has 1 amide bonds. The van der Waals surface area contributed by atoms with Crippen LogP contribution in [0.1, 0.15) is 21.5 Å². The lowest BCUT2D eigenvalue weighted by molar-refractivity contribution is 0.0950. The SMILES string of the molecule is O=C(NCc1ccc2c(c1)OCCO2)c1cnn(Cc2ccccc2Cl)c1. The Morgan fingerprint density at radius 3 is 2.81 bits per heavy atom. The second-order valence-electron chi connectivity index (χ2n) is 6.18.